The van der Waals surface area contributed by atoms with E-state index in [-0.39, 0.29) is 24.1 Å². The number of carbonyl (C=O) groups excluding carboxylic acids is 2. The van der Waals surface area contributed by atoms with Gasteiger partial charge in [0.2, 0.25) is 5.91 Å². The second-order valence-electron chi connectivity index (χ2n) is 6.92. The molecule has 2 aromatic rings. The first-order valence-electron chi connectivity index (χ1n) is 9.06. The van der Waals surface area contributed by atoms with E-state index >= 15 is 0 Å². The van der Waals surface area contributed by atoms with Gasteiger partial charge in [0.25, 0.3) is 5.91 Å². The van der Waals surface area contributed by atoms with Crippen LogP contribution in [0.15, 0.2) is 47.1 Å². The molecule has 0 spiro atoms. The van der Waals surface area contributed by atoms with Crippen molar-refractivity contribution in [3.8, 4) is 0 Å². The Morgan fingerprint density at radius 1 is 1.25 bits per heavy atom. The summed E-state index contributed by atoms with van der Waals surface area (Å²) in [4.78, 5) is 26.6. The molecule has 0 aliphatic carbocycles. The van der Waals surface area contributed by atoms with Crippen LogP contribution >= 0.6 is 0 Å². The van der Waals surface area contributed by atoms with Crippen molar-refractivity contribution in [3.63, 3.8) is 0 Å². The van der Waals surface area contributed by atoms with Gasteiger partial charge in [0.15, 0.2) is 5.76 Å². The molecule has 5 nitrogen and oxygen atoms in total. The Kier molecular flexibility index (Phi) is 5.76. The molecule has 1 N–H and O–H groups in total. The number of furan rings is 1. The molecule has 1 aliphatic rings. The summed E-state index contributed by atoms with van der Waals surface area (Å²) in [5.41, 5.74) is -0.374. The number of hydrogen-bond donors (Lipinski definition) is 1. The molecule has 28 heavy (non-hydrogen) atoms. The molecular formula is C20H21F3N2O3. The maximum Gasteiger partial charge on any atom is 0.416 e. The summed E-state index contributed by atoms with van der Waals surface area (Å²) >= 11 is 0. The lowest BCUT2D eigenvalue weighted by Crippen LogP contribution is -2.45. The van der Waals surface area contributed by atoms with Crippen molar-refractivity contribution < 1.29 is 27.2 Å². The van der Waals surface area contributed by atoms with Gasteiger partial charge >= 0.3 is 6.18 Å². The van der Waals surface area contributed by atoms with E-state index in [4.69, 9.17) is 4.42 Å². The van der Waals surface area contributed by atoms with E-state index in [1.807, 2.05) is 0 Å². The van der Waals surface area contributed by atoms with Crippen molar-refractivity contribution in [1.29, 1.82) is 0 Å². The van der Waals surface area contributed by atoms with Gasteiger partial charge in [-0.05, 0) is 49.6 Å². The monoisotopic (exact) mass is 394 g/mol. The third kappa shape index (κ3) is 4.55. The first-order chi connectivity index (χ1) is 13.3. The zero-order chi connectivity index (χ0) is 20.3. The zero-order valence-electron chi connectivity index (χ0n) is 15.3. The predicted octanol–water partition coefficient (Wildman–Crippen LogP) is 4.03. The highest BCUT2D eigenvalue weighted by atomic mass is 19.4. The van der Waals surface area contributed by atoms with Gasteiger partial charge in [0.05, 0.1) is 23.8 Å². The Hall–Kier alpha value is -2.77. The Balaban J connectivity index is 1.63. The van der Waals surface area contributed by atoms with Gasteiger partial charge in [0.1, 0.15) is 0 Å². The second kappa shape index (κ2) is 8.08. The van der Waals surface area contributed by atoms with Crippen molar-refractivity contribution in [2.45, 2.75) is 32.0 Å². The highest BCUT2D eigenvalue weighted by Gasteiger charge is 2.32. The molecule has 1 aromatic carbocycles. The van der Waals surface area contributed by atoms with E-state index in [9.17, 15) is 22.8 Å². The number of halogens is 3. The molecule has 0 saturated carbocycles. The number of amides is 2. The topological polar surface area (TPSA) is 62.6 Å². The number of nitrogens with zero attached hydrogens (tertiary/aromatic N) is 1. The lowest BCUT2D eigenvalue weighted by atomic mass is 9.96. The minimum Gasteiger partial charge on any atom is -0.459 e. The number of nitrogens with one attached hydrogen (secondary N) is 1. The van der Waals surface area contributed by atoms with E-state index in [0.717, 1.165) is 12.1 Å². The molecule has 1 fully saturated rings. The molecule has 1 saturated heterocycles. The quantitative estimate of drug-likeness (QED) is 0.852. The third-order valence-electron chi connectivity index (χ3n) is 4.88. The minimum absolute atomic E-state index is 0.221. The van der Waals surface area contributed by atoms with E-state index < -0.39 is 23.7 Å². The zero-order valence-corrected chi connectivity index (χ0v) is 15.3. The molecule has 2 atom stereocenters. The van der Waals surface area contributed by atoms with Crippen LogP contribution in [0.3, 0.4) is 0 Å². The molecule has 0 bridgehead atoms. The maximum atomic E-state index is 12.9. The van der Waals surface area contributed by atoms with E-state index in [2.05, 4.69) is 5.32 Å². The van der Waals surface area contributed by atoms with Crippen molar-refractivity contribution in [2.75, 3.05) is 13.1 Å². The van der Waals surface area contributed by atoms with Crippen LogP contribution in [0.2, 0.25) is 0 Å². The third-order valence-corrected chi connectivity index (χ3v) is 4.88. The van der Waals surface area contributed by atoms with Gasteiger partial charge in [-0.1, -0.05) is 12.1 Å². The average Bonchev–Trinajstić information content (AvgIpc) is 3.21. The summed E-state index contributed by atoms with van der Waals surface area (Å²) in [6, 6.07) is 7.53. The normalized spacial score (nSPS) is 18.6. The summed E-state index contributed by atoms with van der Waals surface area (Å²) in [6.07, 6.45) is -1.74. The first-order valence-corrected chi connectivity index (χ1v) is 9.06. The Bertz CT molecular complexity index is 833. The molecule has 3 rings (SSSR count). The lowest BCUT2D eigenvalue weighted by molar-refractivity contribution is -0.137. The Morgan fingerprint density at radius 2 is 2.04 bits per heavy atom. The highest BCUT2D eigenvalue weighted by Crippen LogP contribution is 2.31. The van der Waals surface area contributed by atoms with Crippen molar-refractivity contribution in [2.24, 2.45) is 5.92 Å². The van der Waals surface area contributed by atoms with E-state index in [1.165, 1.54) is 12.3 Å². The smallest absolute Gasteiger partial charge is 0.416 e. The fourth-order valence-electron chi connectivity index (χ4n) is 3.33. The van der Waals surface area contributed by atoms with Gasteiger partial charge in [-0.25, -0.2) is 0 Å². The van der Waals surface area contributed by atoms with E-state index in [0.29, 0.717) is 24.9 Å². The molecule has 150 valence electrons. The molecule has 8 heteroatoms. The number of piperidine rings is 1. The fraction of sp³-hybridized carbons (Fsp3) is 0.400. The van der Waals surface area contributed by atoms with Crippen LogP contribution in [0.1, 0.15) is 47.5 Å². The van der Waals surface area contributed by atoms with Gasteiger partial charge in [-0.15, -0.1) is 0 Å². The van der Waals surface area contributed by atoms with Crippen LogP contribution in [-0.4, -0.2) is 29.8 Å². The van der Waals surface area contributed by atoms with Crippen LogP contribution in [0.4, 0.5) is 13.2 Å². The molecule has 0 unspecified atom stereocenters. The minimum atomic E-state index is -4.43. The number of carbonyl (C=O) groups is 2. The lowest BCUT2D eigenvalue weighted by Gasteiger charge is -2.32. The summed E-state index contributed by atoms with van der Waals surface area (Å²) < 4.78 is 43.8. The first kappa shape index (κ1) is 20.0. The summed E-state index contributed by atoms with van der Waals surface area (Å²) in [6.45, 7) is 2.43. The second-order valence-corrected chi connectivity index (χ2v) is 6.92. The summed E-state index contributed by atoms with van der Waals surface area (Å²) in [7, 11) is 0. The van der Waals surface area contributed by atoms with Crippen molar-refractivity contribution in [1.82, 2.24) is 10.2 Å². The summed E-state index contributed by atoms with van der Waals surface area (Å²) in [5, 5.41) is 2.77. The molecule has 2 amide bonds. The number of rotatable bonds is 4. The molecular weight excluding hydrogens is 373 g/mol. The van der Waals surface area contributed by atoms with E-state index in [1.54, 1.807) is 30.0 Å². The van der Waals surface area contributed by atoms with Crippen molar-refractivity contribution >= 4 is 11.8 Å². The van der Waals surface area contributed by atoms with Gasteiger partial charge in [-0.3, -0.25) is 9.59 Å². The molecule has 1 aliphatic heterocycles. The molecule has 0 radical (unpaired) electrons. The predicted molar refractivity (Wildman–Crippen MR) is 95.3 cm³/mol. The number of hydrogen-bond acceptors (Lipinski definition) is 3. The van der Waals surface area contributed by atoms with Crippen LogP contribution in [0.25, 0.3) is 0 Å². The standard InChI is InChI=1S/C20H21F3N2O3/c1-13(14-5-2-7-16(11-14)20(21,22)23)24-18(26)15-6-3-9-25(12-15)19(27)17-8-4-10-28-17/h2,4-5,7-8,10-11,13,15H,3,6,9,12H2,1H3,(H,24,26)/t13-,15+/m1/s1. The van der Waals surface area contributed by atoms with Gasteiger partial charge in [-0.2, -0.15) is 13.2 Å². The van der Waals surface area contributed by atoms with Crippen LogP contribution in [0, 0.1) is 5.92 Å². The Morgan fingerprint density at radius 3 is 2.71 bits per heavy atom. The fourth-order valence-corrected chi connectivity index (χ4v) is 3.33. The van der Waals surface area contributed by atoms with Crippen LogP contribution in [-0.2, 0) is 11.0 Å². The Labute approximate surface area is 160 Å². The van der Waals surface area contributed by atoms with Crippen LogP contribution < -0.4 is 5.32 Å². The largest absolute Gasteiger partial charge is 0.459 e. The summed E-state index contributed by atoms with van der Waals surface area (Å²) in [5.74, 6) is -0.741. The van der Waals surface area contributed by atoms with Gasteiger partial charge in [0, 0.05) is 13.1 Å². The maximum absolute atomic E-state index is 12.9. The SMILES string of the molecule is C[C@@H](NC(=O)[C@H]1CCCN(C(=O)c2ccco2)C1)c1cccc(C(F)(F)F)c1. The number of likely N-dealkylation sites (tertiary alicyclic amines) is 1. The van der Waals surface area contributed by atoms with Gasteiger partial charge < -0.3 is 14.6 Å². The number of benzene rings is 1. The van der Waals surface area contributed by atoms with Crippen molar-refractivity contribution in [3.05, 3.63) is 59.5 Å². The molecule has 1 aromatic heterocycles. The molecule has 2 heterocycles. The average molecular weight is 394 g/mol. The number of alkyl halides is 3. The highest BCUT2D eigenvalue weighted by molar-refractivity contribution is 5.92. The van der Waals surface area contributed by atoms with Crippen LogP contribution in [0.5, 0.6) is 0 Å².